The Kier molecular flexibility index (Phi) is 7.40. The third kappa shape index (κ3) is 5.46. The summed E-state index contributed by atoms with van der Waals surface area (Å²) in [5.41, 5.74) is 1.12. The summed E-state index contributed by atoms with van der Waals surface area (Å²) in [4.78, 5) is 15.0. The van der Waals surface area contributed by atoms with Gasteiger partial charge < -0.3 is 19.9 Å². The summed E-state index contributed by atoms with van der Waals surface area (Å²) in [5, 5.41) is 14.4. The molecule has 172 valence electrons. The van der Waals surface area contributed by atoms with Crippen LogP contribution in [-0.4, -0.2) is 60.5 Å². The van der Waals surface area contributed by atoms with Crippen molar-refractivity contribution in [1.29, 1.82) is 0 Å². The lowest BCUT2D eigenvalue weighted by atomic mass is 9.98. The number of amides is 1. The molecule has 0 spiro atoms. The molecule has 1 aliphatic carbocycles. The normalized spacial score (nSPS) is 26.2. The highest BCUT2D eigenvalue weighted by molar-refractivity contribution is 5.79. The lowest BCUT2D eigenvalue weighted by Crippen LogP contribution is -2.53. The molecule has 1 aliphatic heterocycles. The second kappa shape index (κ2) is 10.4. The first-order valence-corrected chi connectivity index (χ1v) is 11.2. The van der Waals surface area contributed by atoms with Crippen molar-refractivity contribution in [2.24, 2.45) is 5.92 Å². The maximum absolute atomic E-state index is 13.6. The van der Waals surface area contributed by atoms with Gasteiger partial charge in [-0.1, -0.05) is 36.4 Å². The number of rotatable bonds is 7. The van der Waals surface area contributed by atoms with Gasteiger partial charge in [-0.2, -0.15) is 0 Å². The van der Waals surface area contributed by atoms with Crippen LogP contribution in [0.5, 0.6) is 5.75 Å². The van der Waals surface area contributed by atoms with Crippen LogP contribution in [0.4, 0.5) is 4.39 Å². The van der Waals surface area contributed by atoms with Crippen LogP contribution < -0.4 is 10.1 Å². The molecule has 2 fully saturated rings. The number of carbonyl (C=O) groups excluding carboxylic acids is 1. The molecule has 0 unspecified atom stereocenters. The lowest BCUT2D eigenvalue weighted by molar-refractivity contribution is -0.129. The molecule has 0 bridgehead atoms. The number of aliphatic hydroxyl groups excluding tert-OH is 1. The standard InChI is InChI=1S/C25H31FN2O4/c1-28(16-17-6-3-2-4-7-17)23-21(27-25(30)18-10-12-31-13-11-18)15-22(24(23)29)32-20-9-5-8-19(26)14-20/h2-9,14,18,21-24,29H,10-13,15-16H2,1H3,(H,27,30)/t21-,22-,23+,24+/m1/s1. The second-order valence-electron chi connectivity index (χ2n) is 8.73. The summed E-state index contributed by atoms with van der Waals surface area (Å²) < 4.78 is 25.0. The van der Waals surface area contributed by atoms with Gasteiger partial charge in [0.1, 0.15) is 23.8 Å². The van der Waals surface area contributed by atoms with Gasteiger partial charge in [-0.25, -0.2) is 4.39 Å². The number of halogens is 1. The molecule has 6 nitrogen and oxygen atoms in total. The van der Waals surface area contributed by atoms with Crippen molar-refractivity contribution in [3.05, 3.63) is 66.0 Å². The number of nitrogens with one attached hydrogen (secondary N) is 1. The monoisotopic (exact) mass is 442 g/mol. The van der Waals surface area contributed by atoms with Gasteiger partial charge >= 0.3 is 0 Å². The van der Waals surface area contributed by atoms with Crippen LogP contribution in [0.25, 0.3) is 0 Å². The van der Waals surface area contributed by atoms with Gasteiger partial charge in [0.15, 0.2) is 0 Å². The number of ether oxygens (including phenoxy) is 2. The molecule has 2 N–H and O–H groups in total. The largest absolute Gasteiger partial charge is 0.487 e. The van der Waals surface area contributed by atoms with Crippen LogP contribution in [0.3, 0.4) is 0 Å². The van der Waals surface area contributed by atoms with Gasteiger partial charge in [0.05, 0.1) is 12.1 Å². The van der Waals surface area contributed by atoms with Crippen molar-refractivity contribution in [3.8, 4) is 5.75 Å². The van der Waals surface area contributed by atoms with Crippen molar-refractivity contribution in [2.75, 3.05) is 20.3 Å². The molecular formula is C25H31FN2O4. The Labute approximate surface area is 188 Å². The number of hydrogen-bond donors (Lipinski definition) is 2. The van der Waals surface area contributed by atoms with Crippen LogP contribution in [-0.2, 0) is 16.1 Å². The molecule has 7 heteroatoms. The summed E-state index contributed by atoms with van der Waals surface area (Å²) >= 11 is 0. The van der Waals surface area contributed by atoms with Gasteiger partial charge in [-0.05, 0) is 37.6 Å². The zero-order valence-corrected chi connectivity index (χ0v) is 18.3. The number of aliphatic hydroxyl groups is 1. The van der Waals surface area contributed by atoms with Crippen molar-refractivity contribution in [3.63, 3.8) is 0 Å². The van der Waals surface area contributed by atoms with Crippen LogP contribution >= 0.6 is 0 Å². The highest BCUT2D eigenvalue weighted by Gasteiger charge is 2.47. The molecule has 0 radical (unpaired) electrons. The third-order valence-electron chi connectivity index (χ3n) is 6.42. The smallest absolute Gasteiger partial charge is 0.223 e. The first-order valence-electron chi connectivity index (χ1n) is 11.2. The minimum atomic E-state index is -0.841. The number of hydrogen-bond acceptors (Lipinski definition) is 5. The minimum Gasteiger partial charge on any atom is -0.487 e. The molecule has 1 saturated carbocycles. The molecule has 1 amide bonds. The summed E-state index contributed by atoms with van der Waals surface area (Å²) in [6, 6.07) is 15.3. The molecule has 4 atom stereocenters. The molecule has 2 aromatic rings. The zero-order valence-electron chi connectivity index (χ0n) is 18.3. The summed E-state index contributed by atoms with van der Waals surface area (Å²) in [6.45, 7) is 1.81. The summed E-state index contributed by atoms with van der Waals surface area (Å²) in [5.74, 6) is -0.105. The number of benzene rings is 2. The third-order valence-corrected chi connectivity index (χ3v) is 6.42. The van der Waals surface area contributed by atoms with E-state index in [4.69, 9.17) is 9.47 Å². The van der Waals surface area contributed by atoms with E-state index in [9.17, 15) is 14.3 Å². The van der Waals surface area contributed by atoms with Gasteiger partial charge in [0, 0.05) is 38.2 Å². The lowest BCUT2D eigenvalue weighted by Gasteiger charge is -2.33. The van der Waals surface area contributed by atoms with E-state index in [-0.39, 0.29) is 23.9 Å². The van der Waals surface area contributed by atoms with E-state index in [1.165, 1.54) is 12.1 Å². The van der Waals surface area contributed by atoms with Crippen molar-refractivity contribution >= 4 is 5.91 Å². The Bertz CT molecular complexity index is 891. The van der Waals surface area contributed by atoms with Crippen LogP contribution in [0.1, 0.15) is 24.8 Å². The average molecular weight is 443 g/mol. The highest BCUT2D eigenvalue weighted by Crippen LogP contribution is 2.30. The predicted molar refractivity (Wildman–Crippen MR) is 119 cm³/mol. The Morgan fingerprint density at radius 2 is 1.94 bits per heavy atom. The Morgan fingerprint density at radius 1 is 1.19 bits per heavy atom. The molecule has 1 heterocycles. The zero-order chi connectivity index (χ0) is 22.5. The quantitative estimate of drug-likeness (QED) is 0.690. The van der Waals surface area contributed by atoms with Gasteiger partial charge in [-0.15, -0.1) is 0 Å². The topological polar surface area (TPSA) is 71.0 Å². The van der Waals surface area contributed by atoms with E-state index < -0.39 is 18.0 Å². The van der Waals surface area contributed by atoms with Gasteiger partial charge in [-0.3, -0.25) is 9.69 Å². The van der Waals surface area contributed by atoms with Crippen molar-refractivity contribution in [2.45, 2.75) is 50.1 Å². The maximum Gasteiger partial charge on any atom is 0.223 e. The molecule has 2 aliphatic rings. The van der Waals surface area contributed by atoms with Gasteiger partial charge in [0.2, 0.25) is 5.91 Å². The summed E-state index contributed by atoms with van der Waals surface area (Å²) in [6.07, 6.45) is 0.451. The van der Waals surface area contributed by atoms with E-state index >= 15 is 0 Å². The van der Waals surface area contributed by atoms with Crippen LogP contribution in [0.2, 0.25) is 0 Å². The molecule has 1 saturated heterocycles. The van der Waals surface area contributed by atoms with Crippen molar-refractivity contribution < 1.29 is 23.8 Å². The van der Waals surface area contributed by atoms with Crippen molar-refractivity contribution in [1.82, 2.24) is 10.2 Å². The van der Waals surface area contributed by atoms with E-state index in [1.54, 1.807) is 12.1 Å². The minimum absolute atomic E-state index is 0.00461. The number of carbonyl (C=O) groups is 1. The molecule has 32 heavy (non-hydrogen) atoms. The van der Waals surface area contributed by atoms with Gasteiger partial charge in [0.25, 0.3) is 0 Å². The maximum atomic E-state index is 13.6. The Balaban J connectivity index is 1.50. The van der Waals surface area contributed by atoms with E-state index in [1.807, 2.05) is 37.4 Å². The fourth-order valence-corrected chi connectivity index (χ4v) is 4.77. The fraction of sp³-hybridized carbons (Fsp3) is 0.480. The highest BCUT2D eigenvalue weighted by atomic mass is 19.1. The first-order chi connectivity index (χ1) is 15.5. The number of likely N-dealkylation sites (N-methyl/N-ethyl adjacent to an activating group) is 1. The second-order valence-corrected chi connectivity index (χ2v) is 8.73. The molecule has 2 aromatic carbocycles. The van der Waals surface area contributed by atoms with E-state index in [0.717, 1.165) is 5.56 Å². The average Bonchev–Trinajstić information content (AvgIpc) is 3.09. The SMILES string of the molecule is CN(Cc1ccccc1)[C@@H]1[C@@H](O)[C@H](Oc2cccc(F)c2)C[C@H]1NC(=O)C1CCOCC1. The molecular weight excluding hydrogens is 411 g/mol. The van der Waals surface area contributed by atoms with E-state index in [0.29, 0.717) is 44.8 Å². The van der Waals surface area contributed by atoms with Crippen LogP contribution in [0, 0.1) is 11.7 Å². The fourth-order valence-electron chi connectivity index (χ4n) is 4.77. The number of nitrogens with zero attached hydrogens (tertiary/aromatic N) is 1. The Morgan fingerprint density at radius 3 is 2.66 bits per heavy atom. The van der Waals surface area contributed by atoms with E-state index in [2.05, 4.69) is 10.2 Å². The summed E-state index contributed by atoms with van der Waals surface area (Å²) in [7, 11) is 1.94. The molecule has 4 rings (SSSR count). The van der Waals surface area contributed by atoms with Crippen LogP contribution in [0.15, 0.2) is 54.6 Å². The first kappa shape index (κ1) is 22.7. The predicted octanol–water partition coefficient (Wildman–Crippen LogP) is 2.75. The Hall–Kier alpha value is -2.48. The molecule has 0 aromatic heterocycles.